The Kier molecular flexibility index (Phi) is 2.29. The van der Waals surface area contributed by atoms with Crippen LogP contribution in [0.15, 0.2) is 23.3 Å². The second-order valence-corrected chi connectivity index (χ2v) is 2.54. The van der Waals surface area contributed by atoms with Gasteiger partial charge >= 0.3 is 0 Å². The largest absolute Gasteiger partial charge is 0.365 e. The standard InChI is InChI=1S/C8H6N2O4/c9-7(13)5-3(11)1-2-4(12)6(5)8(10)14/h1-2H,(H2,9,13)(H2,10,14). The zero-order valence-electron chi connectivity index (χ0n) is 6.94. The van der Waals surface area contributed by atoms with Gasteiger partial charge in [0, 0.05) is 0 Å². The number of ketones is 2. The van der Waals surface area contributed by atoms with Gasteiger partial charge in [-0.25, -0.2) is 0 Å². The minimum Gasteiger partial charge on any atom is -0.365 e. The highest BCUT2D eigenvalue weighted by Gasteiger charge is 2.29. The second kappa shape index (κ2) is 3.25. The van der Waals surface area contributed by atoms with E-state index >= 15 is 0 Å². The lowest BCUT2D eigenvalue weighted by atomic mass is 9.94. The average Bonchev–Trinajstić information content (AvgIpc) is 2.07. The fraction of sp³-hybridized carbons (Fsp3) is 0. The molecule has 0 saturated heterocycles. The van der Waals surface area contributed by atoms with Crippen molar-refractivity contribution in [1.82, 2.24) is 0 Å². The van der Waals surface area contributed by atoms with E-state index in [-0.39, 0.29) is 0 Å². The number of carbonyl (C=O) groups is 4. The first-order chi connectivity index (χ1) is 6.45. The highest BCUT2D eigenvalue weighted by molar-refractivity contribution is 6.38. The molecular formula is C8H6N2O4. The quantitative estimate of drug-likeness (QED) is 0.388. The zero-order valence-corrected chi connectivity index (χ0v) is 6.94. The molecule has 1 aliphatic rings. The smallest absolute Gasteiger partial charge is 0.253 e. The van der Waals surface area contributed by atoms with Gasteiger partial charge in [0.1, 0.15) is 11.1 Å². The molecule has 0 aliphatic heterocycles. The van der Waals surface area contributed by atoms with Crippen molar-refractivity contribution in [2.24, 2.45) is 11.5 Å². The Morgan fingerprint density at radius 1 is 0.857 bits per heavy atom. The van der Waals surface area contributed by atoms with Crippen LogP contribution in [0.5, 0.6) is 0 Å². The average molecular weight is 194 g/mol. The molecule has 14 heavy (non-hydrogen) atoms. The topological polar surface area (TPSA) is 120 Å². The minimum absolute atomic E-state index is 0.648. The van der Waals surface area contributed by atoms with Crippen LogP contribution in [0.3, 0.4) is 0 Å². The van der Waals surface area contributed by atoms with E-state index < -0.39 is 34.5 Å². The van der Waals surface area contributed by atoms with Crippen LogP contribution >= 0.6 is 0 Å². The van der Waals surface area contributed by atoms with E-state index in [1.165, 1.54) is 0 Å². The summed E-state index contributed by atoms with van der Waals surface area (Å²) in [6, 6.07) is 0. The molecule has 0 fully saturated rings. The lowest BCUT2D eigenvalue weighted by Gasteiger charge is -2.08. The summed E-state index contributed by atoms with van der Waals surface area (Å²) in [5.41, 5.74) is 8.38. The van der Waals surface area contributed by atoms with Crippen molar-refractivity contribution in [2.45, 2.75) is 0 Å². The Bertz CT molecular complexity index is 379. The van der Waals surface area contributed by atoms with E-state index in [0.29, 0.717) is 0 Å². The van der Waals surface area contributed by atoms with E-state index in [9.17, 15) is 19.2 Å². The van der Waals surface area contributed by atoms with Crippen molar-refractivity contribution in [3.8, 4) is 0 Å². The molecule has 0 unspecified atom stereocenters. The number of hydrogen-bond donors (Lipinski definition) is 2. The SMILES string of the molecule is NC(=O)C1=C(C(N)=O)C(=O)C=CC1=O. The van der Waals surface area contributed by atoms with Crippen LogP contribution in [0.1, 0.15) is 0 Å². The third kappa shape index (κ3) is 1.45. The van der Waals surface area contributed by atoms with Crippen LogP contribution in [-0.2, 0) is 19.2 Å². The van der Waals surface area contributed by atoms with Crippen molar-refractivity contribution in [3.63, 3.8) is 0 Å². The Labute approximate surface area is 78.2 Å². The summed E-state index contributed by atoms with van der Waals surface area (Å²) in [5, 5.41) is 0. The normalized spacial score (nSPS) is 16.0. The number of rotatable bonds is 2. The predicted molar refractivity (Wildman–Crippen MR) is 44.6 cm³/mol. The van der Waals surface area contributed by atoms with Crippen molar-refractivity contribution in [2.75, 3.05) is 0 Å². The number of hydrogen-bond acceptors (Lipinski definition) is 4. The first-order valence-corrected chi connectivity index (χ1v) is 3.55. The first kappa shape index (κ1) is 9.85. The Hall–Kier alpha value is -2.24. The summed E-state index contributed by atoms with van der Waals surface area (Å²) in [4.78, 5) is 43.7. The van der Waals surface area contributed by atoms with Crippen LogP contribution in [0.25, 0.3) is 0 Å². The molecule has 0 aromatic heterocycles. The molecule has 0 heterocycles. The lowest BCUT2D eigenvalue weighted by molar-refractivity contribution is -0.124. The van der Waals surface area contributed by atoms with Gasteiger partial charge in [-0.3, -0.25) is 19.2 Å². The molecule has 2 amide bonds. The fourth-order valence-electron chi connectivity index (χ4n) is 1.05. The van der Waals surface area contributed by atoms with Crippen LogP contribution in [0.4, 0.5) is 0 Å². The molecule has 0 radical (unpaired) electrons. The Morgan fingerprint density at radius 2 is 1.14 bits per heavy atom. The molecule has 0 bridgehead atoms. The summed E-state index contributed by atoms with van der Waals surface area (Å²) in [5.74, 6) is -3.85. The molecule has 0 spiro atoms. The maximum atomic E-state index is 11.1. The molecule has 0 atom stereocenters. The van der Waals surface area contributed by atoms with Gasteiger partial charge in [0.25, 0.3) is 11.8 Å². The summed E-state index contributed by atoms with van der Waals surface area (Å²) in [6.45, 7) is 0. The molecule has 1 rings (SSSR count). The number of carbonyl (C=O) groups excluding carboxylic acids is 4. The zero-order chi connectivity index (χ0) is 10.9. The van der Waals surface area contributed by atoms with Gasteiger partial charge < -0.3 is 11.5 Å². The van der Waals surface area contributed by atoms with Gasteiger partial charge in [-0.1, -0.05) is 0 Å². The number of primary amides is 2. The number of allylic oxidation sites excluding steroid dienone is 2. The van der Waals surface area contributed by atoms with E-state index in [1.807, 2.05) is 0 Å². The van der Waals surface area contributed by atoms with Gasteiger partial charge in [0.15, 0.2) is 11.6 Å². The van der Waals surface area contributed by atoms with Gasteiger partial charge in [0.05, 0.1) is 0 Å². The second-order valence-electron chi connectivity index (χ2n) is 2.54. The molecular weight excluding hydrogens is 188 g/mol. The van der Waals surface area contributed by atoms with Crippen molar-refractivity contribution < 1.29 is 19.2 Å². The predicted octanol–water partition coefficient (Wildman–Crippen LogP) is -2.04. The Balaban J connectivity index is 3.42. The van der Waals surface area contributed by atoms with Crippen molar-refractivity contribution in [3.05, 3.63) is 23.3 Å². The Morgan fingerprint density at radius 3 is 1.36 bits per heavy atom. The van der Waals surface area contributed by atoms with Crippen LogP contribution in [0, 0.1) is 0 Å². The van der Waals surface area contributed by atoms with Gasteiger partial charge in [-0.15, -0.1) is 0 Å². The van der Waals surface area contributed by atoms with Gasteiger partial charge in [-0.05, 0) is 12.2 Å². The maximum Gasteiger partial charge on any atom is 0.253 e. The summed E-state index contributed by atoms with van der Waals surface area (Å²) in [6.07, 6.45) is 1.74. The molecule has 0 aromatic carbocycles. The summed E-state index contributed by atoms with van der Waals surface area (Å²) in [7, 11) is 0. The highest BCUT2D eigenvalue weighted by Crippen LogP contribution is 2.13. The molecule has 72 valence electrons. The van der Waals surface area contributed by atoms with Crippen LogP contribution in [0.2, 0.25) is 0 Å². The highest BCUT2D eigenvalue weighted by atomic mass is 16.2. The molecule has 6 nitrogen and oxygen atoms in total. The third-order valence-corrected chi connectivity index (χ3v) is 1.62. The van der Waals surface area contributed by atoms with Gasteiger partial charge in [0.2, 0.25) is 0 Å². The fourth-order valence-corrected chi connectivity index (χ4v) is 1.05. The lowest BCUT2D eigenvalue weighted by Crippen LogP contribution is -2.32. The molecule has 6 heteroatoms. The number of amides is 2. The van der Waals surface area contributed by atoms with Crippen LogP contribution in [-0.4, -0.2) is 23.4 Å². The van der Waals surface area contributed by atoms with E-state index in [4.69, 9.17) is 11.5 Å². The molecule has 0 aromatic rings. The summed E-state index contributed by atoms with van der Waals surface area (Å²) >= 11 is 0. The third-order valence-electron chi connectivity index (χ3n) is 1.62. The molecule has 4 N–H and O–H groups in total. The van der Waals surface area contributed by atoms with E-state index in [2.05, 4.69) is 0 Å². The summed E-state index contributed by atoms with van der Waals surface area (Å²) < 4.78 is 0. The van der Waals surface area contributed by atoms with Crippen molar-refractivity contribution >= 4 is 23.4 Å². The molecule has 1 aliphatic carbocycles. The monoisotopic (exact) mass is 194 g/mol. The van der Waals surface area contributed by atoms with Gasteiger partial charge in [-0.2, -0.15) is 0 Å². The first-order valence-electron chi connectivity index (χ1n) is 3.55. The van der Waals surface area contributed by atoms with Crippen molar-refractivity contribution in [1.29, 1.82) is 0 Å². The number of nitrogens with two attached hydrogens (primary N) is 2. The maximum absolute atomic E-state index is 11.1. The minimum atomic E-state index is -1.14. The van der Waals surface area contributed by atoms with E-state index in [0.717, 1.165) is 12.2 Å². The van der Waals surface area contributed by atoms with E-state index in [1.54, 1.807) is 0 Å². The molecule has 0 saturated carbocycles. The van der Waals surface area contributed by atoms with Crippen LogP contribution < -0.4 is 11.5 Å².